The molecule has 4 rings (SSSR count). The number of hydrogen-bond donors (Lipinski definition) is 2. The minimum atomic E-state index is -4.43. The van der Waals surface area contributed by atoms with Gasteiger partial charge in [0.2, 0.25) is 20.0 Å². The summed E-state index contributed by atoms with van der Waals surface area (Å²) in [7, 11) is -7.83. The first-order chi connectivity index (χ1) is 14.8. The number of rotatable bonds is 5. The highest BCUT2D eigenvalue weighted by Gasteiger charge is 2.45. The lowest BCUT2D eigenvalue weighted by molar-refractivity contribution is -0.206. The predicted octanol–water partition coefficient (Wildman–Crippen LogP) is 1.87. The molecule has 9 nitrogen and oxygen atoms in total. The van der Waals surface area contributed by atoms with E-state index < -0.39 is 43.6 Å². The molecule has 0 aliphatic carbocycles. The van der Waals surface area contributed by atoms with Gasteiger partial charge in [-0.2, -0.15) is 17.5 Å². The van der Waals surface area contributed by atoms with E-state index in [2.05, 4.69) is 10.3 Å². The number of sulfonamides is 2. The van der Waals surface area contributed by atoms with Crippen LogP contribution in [-0.2, 0) is 24.8 Å². The van der Waals surface area contributed by atoms with Gasteiger partial charge in [-0.1, -0.05) is 11.3 Å². The zero-order valence-corrected chi connectivity index (χ0v) is 19.0. The second-order valence-corrected chi connectivity index (χ2v) is 12.6. The number of nitrogens with two attached hydrogens (primary N) is 1. The van der Waals surface area contributed by atoms with E-state index in [9.17, 15) is 30.0 Å². The van der Waals surface area contributed by atoms with Gasteiger partial charge in [0.1, 0.15) is 0 Å². The first-order valence-electron chi connectivity index (χ1n) is 9.71. The Morgan fingerprint density at radius 2 is 2.00 bits per heavy atom. The molecule has 2 aliphatic heterocycles. The van der Waals surface area contributed by atoms with Gasteiger partial charge >= 0.3 is 6.18 Å². The van der Waals surface area contributed by atoms with Crippen molar-refractivity contribution in [2.24, 2.45) is 5.14 Å². The van der Waals surface area contributed by atoms with Gasteiger partial charge in [0.05, 0.1) is 33.0 Å². The zero-order chi connectivity index (χ0) is 23.3. The van der Waals surface area contributed by atoms with Crippen LogP contribution in [0.25, 0.3) is 10.2 Å². The second-order valence-electron chi connectivity index (χ2n) is 7.81. The SMILES string of the molecule is NS(=O)(=O)C1CCCN(S(=O)(=O)c2ccc3sc(N[C@@H]4CO[C@H](C(F)(F)F)C4)nc3c2)C1. The Kier molecular flexibility index (Phi) is 6.17. The summed E-state index contributed by atoms with van der Waals surface area (Å²) < 4.78 is 94.3. The maximum Gasteiger partial charge on any atom is 0.414 e. The summed E-state index contributed by atoms with van der Waals surface area (Å²) in [5.74, 6) is 0. The van der Waals surface area contributed by atoms with E-state index in [1.165, 1.54) is 23.5 Å². The van der Waals surface area contributed by atoms with Crippen LogP contribution in [-0.4, -0.2) is 69.4 Å². The molecule has 0 radical (unpaired) electrons. The number of nitrogens with one attached hydrogen (secondary N) is 1. The average molecular weight is 515 g/mol. The van der Waals surface area contributed by atoms with Crippen LogP contribution >= 0.6 is 11.3 Å². The average Bonchev–Trinajstić information content (AvgIpc) is 3.33. The van der Waals surface area contributed by atoms with Crippen LogP contribution in [0, 0.1) is 0 Å². The number of piperidine rings is 1. The maximum atomic E-state index is 13.0. The lowest BCUT2D eigenvalue weighted by atomic mass is 10.2. The summed E-state index contributed by atoms with van der Waals surface area (Å²) in [6.07, 6.45) is -5.82. The molecule has 3 atom stereocenters. The summed E-state index contributed by atoms with van der Waals surface area (Å²) in [6, 6.07) is 3.78. The largest absolute Gasteiger partial charge is 0.414 e. The topological polar surface area (TPSA) is 132 Å². The lowest BCUT2D eigenvalue weighted by Crippen LogP contribution is -2.46. The molecule has 3 N–H and O–H groups in total. The quantitative estimate of drug-likeness (QED) is 0.623. The van der Waals surface area contributed by atoms with E-state index in [1.54, 1.807) is 6.07 Å². The first-order valence-corrected chi connectivity index (χ1v) is 13.6. The van der Waals surface area contributed by atoms with Crippen molar-refractivity contribution in [3.63, 3.8) is 0 Å². The van der Waals surface area contributed by atoms with Crippen LogP contribution in [0.4, 0.5) is 18.3 Å². The molecule has 32 heavy (non-hydrogen) atoms. The van der Waals surface area contributed by atoms with Gasteiger partial charge in [0.15, 0.2) is 11.2 Å². The number of aromatic nitrogens is 1. The highest BCUT2D eigenvalue weighted by molar-refractivity contribution is 7.90. The number of nitrogens with zero attached hydrogens (tertiary/aromatic N) is 2. The minimum Gasteiger partial charge on any atom is -0.367 e. The fraction of sp³-hybridized carbons (Fsp3) is 0.588. The number of ether oxygens (including phenoxy) is 1. The van der Waals surface area contributed by atoms with Crippen molar-refractivity contribution in [2.45, 2.75) is 47.7 Å². The number of alkyl halides is 3. The number of primary sulfonamides is 1. The molecule has 0 bridgehead atoms. The third kappa shape index (κ3) is 4.87. The zero-order valence-electron chi connectivity index (χ0n) is 16.6. The van der Waals surface area contributed by atoms with Gasteiger partial charge in [0.25, 0.3) is 0 Å². The molecule has 2 aliphatic rings. The van der Waals surface area contributed by atoms with Crippen molar-refractivity contribution in [1.29, 1.82) is 0 Å². The molecule has 15 heteroatoms. The van der Waals surface area contributed by atoms with Crippen LogP contribution in [0.15, 0.2) is 23.1 Å². The lowest BCUT2D eigenvalue weighted by Gasteiger charge is -2.30. The van der Waals surface area contributed by atoms with Gasteiger partial charge in [-0.05, 0) is 31.0 Å². The number of halogens is 3. The van der Waals surface area contributed by atoms with Crippen molar-refractivity contribution in [2.75, 3.05) is 25.0 Å². The van der Waals surface area contributed by atoms with Crippen molar-refractivity contribution in [3.8, 4) is 0 Å². The Balaban J connectivity index is 1.51. The third-order valence-electron chi connectivity index (χ3n) is 5.49. The normalized spacial score (nSPS) is 25.9. The Hall–Kier alpha value is -1.52. The fourth-order valence-corrected chi connectivity index (χ4v) is 7.24. The first kappa shape index (κ1) is 23.6. The van der Waals surface area contributed by atoms with E-state index in [-0.39, 0.29) is 31.0 Å². The van der Waals surface area contributed by atoms with E-state index in [4.69, 9.17) is 9.88 Å². The highest BCUT2D eigenvalue weighted by Crippen LogP contribution is 2.34. The van der Waals surface area contributed by atoms with E-state index >= 15 is 0 Å². The van der Waals surface area contributed by atoms with Crippen molar-refractivity contribution < 1.29 is 34.7 Å². The molecular formula is C17H21F3N4O5S3. The summed E-state index contributed by atoms with van der Waals surface area (Å²) in [5, 5.41) is 7.51. The van der Waals surface area contributed by atoms with Crippen LogP contribution < -0.4 is 10.5 Å². The molecule has 0 saturated carbocycles. The number of anilines is 1. The molecule has 2 aromatic rings. The summed E-state index contributed by atoms with van der Waals surface area (Å²) in [5.41, 5.74) is 0.366. The molecule has 1 unspecified atom stereocenters. The Morgan fingerprint density at radius 3 is 2.66 bits per heavy atom. The Bertz CT molecular complexity index is 1220. The molecule has 2 fully saturated rings. The number of hydrogen-bond acceptors (Lipinski definition) is 8. The van der Waals surface area contributed by atoms with Crippen LogP contribution in [0.1, 0.15) is 19.3 Å². The van der Waals surface area contributed by atoms with Crippen molar-refractivity contribution >= 4 is 46.7 Å². The Morgan fingerprint density at radius 1 is 1.25 bits per heavy atom. The fourth-order valence-electron chi connectivity index (χ4n) is 3.80. The Labute approximate surface area is 186 Å². The van der Waals surface area contributed by atoms with Gasteiger partial charge in [-0.15, -0.1) is 0 Å². The molecule has 0 spiro atoms. The van der Waals surface area contributed by atoms with Gasteiger partial charge in [-0.3, -0.25) is 0 Å². The second kappa shape index (κ2) is 8.36. The molecule has 178 valence electrons. The van der Waals surface area contributed by atoms with Crippen molar-refractivity contribution in [3.05, 3.63) is 18.2 Å². The molecule has 1 aromatic carbocycles. The van der Waals surface area contributed by atoms with Gasteiger partial charge < -0.3 is 10.1 Å². The monoisotopic (exact) mass is 514 g/mol. The van der Waals surface area contributed by atoms with Gasteiger partial charge in [-0.25, -0.2) is 27.0 Å². The van der Waals surface area contributed by atoms with Crippen LogP contribution in [0.3, 0.4) is 0 Å². The molecule has 0 amide bonds. The number of fused-ring (bicyclic) bond motifs is 1. The predicted molar refractivity (Wildman–Crippen MR) is 112 cm³/mol. The standard InChI is InChI=1S/C17H21F3N4O5S3/c18-17(19,20)15-6-10(9-29-15)22-16-23-13-7-11(3-4-14(13)30-16)32(27,28)24-5-1-2-12(8-24)31(21,25)26/h3-4,7,10,12,15H,1-2,5-6,8-9H2,(H,22,23)(H2,21,25,26)/t10-,12?,15-/m0/s1. The van der Waals surface area contributed by atoms with Crippen LogP contribution in [0.5, 0.6) is 0 Å². The van der Waals surface area contributed by atoms with E-state index in [0.717, 1.165) is 4.31 Å². The van der Waals surface area contributed by atoms with E-state index in [0.29, 0.717) is 28.2 Å². The van der Waals surface area contributed by atoms with Crippen molar-refractivity contribution in [1.82, 2.24) is 9.29 Å². The van der Waals surface area contributed by atoms with Crippen LogP contribution in [0.2, 0.25) is 0 Å². The summed E-state index contributed by atoms with van der Waals surface area (Å²) >= 11 is 1.19. The third-order valence-corrected chi connectivity index (χ3v) is 9.63. The summed E-state index contributed by atoms with van der Waals surface area (Å²) in [6.45, 7) is -0.149. The number of benzene rings is 1. The smallest absolute Gasteiger partial charge is 0.367 e. The summed E-state index contributed by atoms with van der Waals surface area (Å²) in [4.78, 5) is 4.27. The molecular weight excluding hydrogens is 493 g/mol. The number of thiazole rings is 1. The highest BCUT2D eigenvalue weighted by atomic mass is 32.2. The molecule has 2 saturated heterocycles. The minimum absolute atomic E-state index is 0.0433. The molecule has 1 aromatic heterocycles. The van der Waals surface area contributed by atoms with Gasteiger partial charge in [0, 0.05) is 19.5 Å². The molecule has 3 heterocycles. The maximum absolute atomic E-state index is 13.0. The van der Waals surface area contributed by atoms with E-state index in [1.807, 2.05) is 0 Å².